The minimum absolute atomic E-state index is 0.146. The molecule has 1 aliphatic heterocycles. The number of rotatable bonds is 12. The van der Waals surface area contributed by atoms with Crippen molar-refractivity contribution in [2.75, 3.05) is 26.9 Å². The zero-order valence-corrected chi connectivity index (χ0v) is 27.9. The lowest BCUT2D eigenvalue weighted by Crippen LogP contribution is -2.40. The first-order chi connectivity index (χ1) is 22.7. The van der Waals surface area contributed by atoms with Crippen LogP contribution in [0.2, 0.25) is 5.02 Å². The van der Waals surface area contributed by atoms with Crippen LogP contribution >= 0.6 is 22.9 Å². The third kappa shape index (κ3) is 7.75. The number of methoxy groups -OCH3 is 1. The third-order valence-electron chi connectivity index (χ3n) is 7.12. The summed E-state index contributed by atoms with van der Waals surface area (Å²) in [5.74, 6) is 0.141. The van der Waals surface area contributed by atoms with Gasteiger partial charge >= 0.3 is 11.9 Å². The van der Waals surface area contributed by atoms with Gasteiger partial charge in [0.15, 0.2) is 22.9 Å². The minimum atomic E-state index is -0.867. The van der Waals surface area contributed by atoms with Gasteiger partial charge in [-0.15, -0.1) is 0 Å². The molecule has 12 heteroatoms. The van der Waals surface area contributed by atoms with Crippen molar-refractivity contribution in [1.29, 1.82) is 0 Å². The van der Waals surface area contributed by atoms with Gasteiger partial charge in [-0.25, -0.2) is 14.6 Å². The Morgan fingerprint density at radius 2 is 1.79 bits per heavy atom. The molecule has 0 bridgehead atoms. The van der Waals surface area contributed by atoms with E-state index in [0.29, 0.717) is 56.1 Å². The summed E-state index contributed by atoms with van der Waals surface area (Å²) < 4.78 is 29.4. The molecule has 4 aromatic rings. The molecule has 0 radical (unpaired) electrons. The Morgan fingerprint density at radius 1 is 0.979 bits per heavy atom. The number of ether oxygens (including phenoxy) is 5. The molecule has 5 rings (SSSR count). The Hall–Kier alpha value is -4.87. The molecule has 0 amide bonds. The lowest BCUT2D eigenvalue weighted by molar-refractivity contribution is -0.143. The molecule has 0 unspecified atom stereocenters. The first kappa shape index (κ1) is 33.5. The predicted octanol–water partition coefficient (Wildman–Crippen LogP) is 4.98. The van der Waals surface area contributed by atoms with E-state index >= 15 is 0 Å². The van der Waals surface area contributed by atoms with E-state index in [4.69, 9.17) is 30.5 Å². The number of carbonyl (C=O) groups is 2. The highest BCUT2D eigenvalue weighted by atomic mass is 35.5. The monoisotopic (exact) mass is 676 g/mol. The van der Waals surface area contributed by atoms with Crippen molar-refractivity contribution in [2.24, 2.45) is 4.99 Å². The van der Waals surface area contributed by atoms with Gasteiger partial charge in [0.2, 0.25) is 0 Å². The maximum absolute atomic E-state index is 14.1. The van der Waals surface area contributed by atoms with Gasteiger partial charge in [-0.3, -0.25) is 9.36 Å². The summed E-state index contributed by atoms with van der Waals surface area (Å²) in [6, 6.07) is 19.0. The van der Waals surface area contributed by atoms with Gasteiger partial charge in [-0.2, -0.15) is 0 Å². The molecule has 1 aliphatic rings. The molecular weight excluding hydrogens is 644 g/mol. The van der Waals surface area contributed by atoms with Crippen LogP contribution in [0.5, 0.6) is 17.2 Å². The van der Waals surface area contributed by atoms with Gasteiger partial charge < -0.3 is 23.7 Å². The molecule has 47 heavy (non-hydrogen) atoms. The normalized spacial score (nSPS) is 14.2. The zero-order chi connectivity index (χ0) is 33.5. The fraction of sp³-hybridized carbons (Fsp3) is 0.257. The van der Waals surface area contributed by atoms with Crippen LogP contribution in [0, 0.1) is 0 Å². The smallest absolute Gasteiger partial charge is 0.343 e. The van der Waals surface area contributed by atoms with Crippen molar-refractivity contribution in [2.45, 2.75) is 33.4 Å². The van der Waals surface area contributed by atoms with E-state index in [9.17, 15) is 14.4 Å². The second kappa shape index (κ2) is 15.1. The third-order valence-corrected chi connectivity index (χ3v) is 8.34. The number of allylic oxidation sites excluding steroid dienone is 1. The van der Waals surface area contributed by atoms with Crippen molar-refractivity contribution in [3.8, 4) is 17.2 Å². The molecule has 3 aromatic carbocycles. The Kier molecular flexibility index (Phi) is 10.8. The van der Waals surface area contributed by atoms with Crippen molar-refractivity contribution in [3.63, 3.8) is 0 Å². The lowest BCUT2D eigenvalue weighted by Gasteiger charge is -2.25. The Bertz CT molecular complexity index is 2020. The highest BCUT2D eigenvalue weighted by molar-refractivity contribution is 7.07. The highest BCUT2D eigenvalue weighted by Gasteiger charge is 2.34. The topological polar surface area (TPSA) is 115 Å². The molecule has 0 spiro atoms. The number of hydrogen-bond donors (Lipinski definition) is 0. The van der Waals surface area contributed by atoms with E-state index in [0.717, 1.165) is 11.1 Å². The van der Waals surface area contributed by atoms with Crippen molar-refractivity contribution < 1.29 is 33.3 Å². The lowest BCUT2D eigenvalue weighted by atomic mass is 9.95. The van der Waals surface area contributed by atoms with Gasteiger partial charge in [-0.1, -0.05) is 53.3 Å². The van der Waals surface area contributed by atoms with Crippen LogP contribution in [0.15, 0.2) is 87.8 Å². The standard InChI is InChI=1S/C35H33ClN2O8S/c1-5-43-28-18-24(13-14-27(28)46-20-30(39)42-4)32-31(34(41)44-6-2)21(3)37-35-38(32)33(40)29(47-35)17-22-9-8-12-26(16-22)45-19-23-10-7-11-25(36)15-23/h7-18,32H,5-6,19-20H2,1-4H3/b29-17+/t32-/m0/s1. The Labute approximate surface area is 280 Å². The molecule has 10 nitrogen and oxygen atoms in total. The number of hydrogen-bond acceptors (Lipinski definition) is 10. The number of thiazole rings is 1. The van der Waals surface area contributed by atoms with Crippen LogP contribution in [0.4, 0.5) is 0 Å². The summed E-state index contributed by atoms with van der Waals surface area (Å²) in [6.07, 6.45) is 1.77. The average molecular weight is 677 g/mol. The number of aromatic nitrogens is 1. The number of carbonyl (C=O) groups excluding carboxylic acids is 2. The van der Waals surface area contributed by atoms with Crippen LogP contribution in [-0.4, -0.2) is 43.4 Å². The van der Waals surface area contributed by atoms with Crippen LogP contribution in [0.1, 0.15) is 43.5 Å². The summed E-state index contributed by atoms with van der Waals surface area (Å²) >= 11 is 7.32. The SMILES string of the molecule is CCOC(=O)C1=C(C)N=c2s/c(=C/c3cccc(OCc4cccc(Cl)c4)c3)c(=O)n2[C@H]1c1ccc(OCC(=O)OC)c(OCC)c1. The fourth-order valence-electron chi connectivity index (χ4n) is 5.02. The quantitative estimate of drug-likeness (QED) is 0.193. The van der Waals surface area contributed by atoms with E-state index in [1.165, 1.54) is 23.0 Å². The molecule has 0 fully saturated rings. The Morgan fingerprint density at radius 3 is 2.53 bits per heavy atom. The molecule has 1 aromatic heterocycles. The van der Waals surface area contributed by atoms with E-state index in [1.54, 1.807) is 44.2 Å². The summed E-state index contributed by atoms with van der Waals surface area (Å²) in [5, 5.41) is 0.631. The summed E-state index contributed by atoms with van der Waals surface area (Å²) in [4.78, 5) is 44.2. The predicted molar refractivity (Wildman–Crippen MR) is 178 cm³/mol. The van der Waals surface area contributed by atoms with E-state index in [2.05, 4.69) is 9.73 Å². The van der Waals surface area contributed by atoms with Crippen molar-refractivity contribution in [1.82, 2.24) is 4.57 Å². The Balaban J connectivity index is 1.56. The number of esters is 2. The minimum Gasteiger partial charge on any atom is -0.490 e. The van der Waals surface area contributed by atoms with E-state index in [1.807, 2.05) is 49.4 Å². The van der Waals surface area contributed by atoms with E-state index < -0.39 is 18.0 Å². The summed E-state index contributed by atoms with van der Waals surface area (Å²) in [7, 11) is 1.27. The molecule has 0 N–H and O–H groups in total. The molecule has 2 heterocycles. The van der Waals surface area contributed by atoms with Crippen LogP contribution in [-0.2, 0) is 25.7 Å². The first-order valence-corrected chi connectivity index (χ1v) is 16.0. The second-order valence-corrected chi connectivity index (χ2v) is 11.7. The second-order valence-electron chi connectivity index (χ2n) is 10.3. The number of nitrogens with zero attached hydrogens (tertiary/aromatic N) is 2. The molecule has 0 saturated carbocycles. The van der Waals surface area contributed by atoms with Gasteiger partial charge in [0.1, 0.15) is 12.4 Å². The largest absolute Gasteiger partial charge is 0.490 e. The zero-order valence-electron chi connectivity index (χ0n) is 26.3. The number of fused-ring (bicyclic) bond motifs is 1. The maximum Gasteiger partial charge on any atom is 0.343 e. The molecule has 0 aliphatic carbocycles. The van der Waals surface area contributed by atoms with Crippen LogP contribution in [0.3, 0.4) is 0 Å². The number of halogens is 1. The number of benzene rings is 3. The van der Waals surface area contributed by atoms with Gasteiger partial charge in [0.25, 0.3) is 5.56 Å². The maximum atomic E-state index is 14.1. The molecule has 244 valence electrons. The van der Waals surface area contributed by atoms with Gasteiger partial charge in [0, 0.05) is 5.02 Å². The van der Waals surface area contributed by atoms with E-state index in [-0.39, 0.29) is 24.3 Å². The van der Waals surface area contributed by atoms with Crippen LogP contribution < -0.4 is 29.1 Å². The van der Waals surface area contributed by atoms with Crippen molar-refractivity contribution in [3.05, 3.63) is 119 Å². The van der Waals surface area contributed by atoms with Gasteiger partial charge in [0.05, 0.1) is 42.2 Å². The van der Waals surface area contributed by atoms with Gasteiger partial charge in [-0.05, 0) is 79.9 Å². The fourth-order valence-corrected chi connectivity index (χ4v) is 6.28. The molecule has 1 atom stereocenters. The molecular formula is C35H33ClN2O8S. The summed E-state index contributed by atoms with van der Waals surface area (Å²) in [5.41, 5.74) is 2.58. The highest BCUT2D eigenvalue weighted by Crippen LogP contribution is 2.36. The van der Waals surface area contributed by atoms with Crippen molar-refractivity contribution >= 4 is 41.0 Å². The van der Waals surface area contributed by atoms with Crippen LogP contribution in [0.25, 0.3) is 6.08 Å². The summed E-state index contributed by atoms with van der Waals surface area (Å²) in [6.45, 7) is 5.71. The molecule has 0 saturated heterocycles. The average Bonchev–Trinajstić information content (AvgIpc) is 3.36. The first-order valence-electron chi connectivity index (χ1n) is 14.9.